The molecule has 1 amide bonds. The van der Waals surface area contributed by atoms with E-state index in [-0.39, 0.29) is 12.0 Å². The molecule has 1 aliphatic rings. The molecule has 0 bridgehead atoms. The highest BCUT2D eigenvalue weighted by atomic mass is 16.5. The Hall–Kier alpha value is -2.66. The van der Waals surface area contributed by atoms with Crippen molar-refractivity contribution in [2.24, 2.45) is 0 Å². The number of amides is 1. The van der Waals surface area contributed by atoms with E-state index < -0.39 is 0 Å². The SMILES string of the molecule is CCOC1CN(C(=O)c2ccc3ncccc3c2)Cc2cccn2C1. The number of pyridine rings is 1. The van der Waals surface area contributed by atoms with E-state index in [1.54, 1.807) is 6.20 Å². The lowest BCUT2D eigenvalue weighted by Crippen LogP contribution is -2.37. The fourth-order valence-corrected chi connectivity index (χ4v) is 3.44. The summed E-state index contributed by atoms with van der Waals surface area (Å²) in [4.78, 5) is 19.3. The predicted molar refractivity (Wildman–Crippen MR) is 96.3 cm³/mol. The number of carbonyl (C=O) groups excluding carboxylic acids is 1. The van der Waals surface area contributed by atoms with Gasteiger partial charge in [0.25, 0.3) is 5.91 Å². The number of hydrogen-bond acceptors (Lipinski definition) is 3. The maximum Gasteiger partial charge on any atom is 0.254 e. The number of nitrogens with zero attached hydrogens (tertiary/aromatic N) is 3. The van der Waals surface area contributed by atoms with E-state index >= 15 is 0 Å². The number of benzene rings is 1. The number of carbonyl (C=O) groups is 1. The van der Waals surface area contributed by atoms with Crippen molar-refractivity contribution in [1.82, 2.24) is 14.5 Å². The van der Waals surface area contributed by atoms with Gasteiger partial charge in [0, 0.05) is 42.2 Å². The smallest absolute Gasteiger partial charge is 0.254 e. The van der Waals surface area contributed by atoms with Crippen LogP contribution in [0.4, 0.5) is 0 Å². The van der Waals surface area contributed by atoms with Crippen molar-refractivity contribution in [3.05, 3.63) is 66.1 Å². The van der Waals surface area contributed by atoms with Crippen LogP contribution in [-0.4, -0.2) is 39.6 Å². The summed E-state index contributed by atoms with van der Waals surface area (Å²) in [6.45, 7) is 4.61. The topological polar surface area (TPSA) is 47.4 Å². The quantitative estimate of drug-likeness (QED) is 0.739. The third-order valence-corrected chi connectivity index (χ3v) is 4.64. The molecule has 0 N–H and O–H groups in total. The first-order chi connectivity index (χ1) is 12.2. The van der Waals surface area contributed by atoms with Crippen LogP contribution in [0.15, 0.2) is 54.9 Å². The Morgan fingerprint density at radius 1 is 1.24 bits per heavy atom. The largest absolute Gasteiger partial charge is 0.375 e. The van der Waals surface area contributed by atoms with Crippen molar-refractivity contribution in [1.29, 1.82) is 0 Å². The highest BCUT2D eigenvalue weighted by Gasteiger charge is 2.26. The molecule has 2 aromatic heterocycles. The second-order valence-electron chi connectivity index (χ2n) is 6.33. The normalized spacial score (nSPS) is 17.3. The fraction of sp³-hybridized carbons (Fsp3) is 0.300. The summed E-state index contributed by atoms with van der Waals surface area (Å²) in [5, 5.41) is 0.980. The predicted octanol–water partition coefficient (Wildman–Crippen LogP) is 3.10. The fourth-order valence-electron chi connectivity index (χ4n) is 3.44. The molecule has 0 saturated carbocycles. The van der Waals surface area contributed by atoms with E-state index in [0.29, 0.717) is 25.3 Å². The molecule has 0 fully saturated rings. The van der Waals surface area contributed by atoms with Crippen LogP contribution in [0.25, 0.3) is 10.9 Å². The molecule has 1 aliphatic heterocycles. The zero-order valence-electron chi connectivity index (χ0n) is 14.3. The second kappa shape index (κ2) is 6.69. The Balaban J connectivity index is 1.65. The average molecular weight is 335 g/mol. The number of hydrogen-bond donors (Lipinski definition) is 0. The van der Waals surface area contributed by atoms with Crippen LogP contribution in [0.3, 0.4) is 0 Å². The Morgan fingerprint density at radius 2 is 2.16 bits per heavy atom. The van der Waals surface area contributed by atoms with Crippen molar-refractivity contribution < 1.29 is 9.53 Å². The van der Waals surface area contributed by atoms with Gasteiger partial charge in [0.1, 0.15) is 0 Å². The molecule has 0 saturated heterocycles. The van der Waals surface area contributed by atoms with Crippen LogP contribution in [0.5, 0.6) is 0 Å². The summed E-state index contributed by atoms with van der Waals surface area (Å²) in [6, 6.07) is 13.6. The molecule has 5 nitrogen and oxygen atoms in total. The van der Waals surface area contributed by atoms with Crippen LogP contribution >= 0.6 is 0 Å². The molecule has 25 heavy (non-hydrogen) atoms. The second-order valence-corrected chi connectivity index (χ2v) is 6.33. The van der Waals surface area contributed by atoms with Gasteiger partial charge in [-0.3, -0.25) is 9.78 Å². The van der Waals surface area contributed by atoms with Gasteiger partial charge in [0.15, 0.2) is 0 Å². The monoisotopic (exact) mass is 335 g/mol. The minimum Gasteiger partial charge on any atom is -0.375 e. The van der Waals surface area contributed by atoms with E-state index in [2.05, 4.69) is 21.8 Å². The zero-order chi connectivity index (χ0) is 17.2. The molecule has 4 rings (SSSR count). The van der Waals surface area contributed by atoms with Crippen molar-refractivity contribution in [3.63, 3.8) is 0 Å². The van der Waals surface area contributed by atoms with Crippen molar-refractivity contribution >= 4 is 16.8 Å². The minimum atomic E-state index is 0.00437. The zero-order valence-corrected chi connectivity index (χ0v) is 14.3. The minimum absolute atomic E-state index is 0.00437. The lowest BCUT2D eigenvalue weighted by atomic mass is 10.1. The maximum atomic E-state index is 13.1. The number of fused-ring (bicyclic) bond motifs is 2. The molecule has 1 atom stereocenters. The molecular formula is C20H21N3O2. The lowest BCUT2D eigenvalue weighted by Gasteiger charge is -2.24. The first-order valence-electron chi connectivity index (χ1n) is 8.64. The summed E-state index contributed by atoms with van der Waals surface area (Å²) in [5.41, 5.74) is 2.73. The van der Waals surface area contributed by atoms with Gasteiger partial charge in [0.2, 0.25) is 0 Å². The third-order valence-electron chi connectivity index (χ3n) is 4.64. The molecule has 0 aliphatic carbocycles. The summed E-state index contributed by atoms with van der Waals surface area (Å²) in [7, 11) is 0. The molecule has 5 heteroatoms. The maximum absolute atomic E-state index is 13.1. The summed E-state index contributed by atoms with van der Waals surface area (Å²) >= 11 is 0. The first-order valence-corrected chi connectivity index (χ1v) is 8.64. The summed E-state index contributed by atoms with van der Waals surface area (Å²) < 4.78 is 8.03. The van der Waals surface area contributed by atoms with Gasteiger partial charge in [-0.05, 0) is 43.3 Å². The van der Waals surface area contributed by atoms with Gasteiger partial charge >= 0.3 is 0 Å². The molecule has 0 spiro atoms. The third kappa shape index (κ3) is 3.15. The molecule has 128 valence electrons. The average Bonchev–Trinajstić information content (AvgIpc) is 2.99. The Labute approximate surface area is 146 Å². The first kappa shape index (κ1) is 15.8. The van der Waals surface area contributed by atoms with Crippen molar-refractivity contribution in [2.45, 2.75) is 26.1 Å². The van der Waals surface area contributed by atoms with Gasteiger partial charge < -0.3 is 14.2 Å². The molecule has 1 unspecified atom stereocenters. The van der Waals surface area contributed by atoms with E-state index in [1.807, 2.05) is 48.2 Å². The van der Waals surface area contributed by atoms with Gasteiger partial charge in [-0.15, -0.1) is 0 Å². The highest BCUT2D eigenvalue weighted by Crippen LogP contribution is 2.20. The van der Waals surface area contributed by atoms with Crippen molar-refractivity contribution in [3.8, 4) is 0 Å². The Kier molecular flexibility index (Phi) is 4.24. The van der Waals surface area contributed by atoms with Gasteiger partial charge in [-0.2, -0.15) is 0 Å². The Bertz CT molecular complexity index is 903. The van der Waals surface area contributed by atoms with Crippen LogP contribution in [0, 0.1) is 0 Å². The van der Waals surface area contributed by atoms with E-state index in [1.165, 1.54) is 0 Å². The van der Waals surface area contributed by atoms with E-state index in [0.717, 1.165) is 23.1 Å². The summed E-state index contributed by atoms with van der Waals surface area (Å²) in [6.07, 6.45) is 3.82. The van der Waals surface area contributed by atoms with Gasteiger partial charge in [0.05, 0.1) is 24.7 Å². The molecule has 3 heterocycles. The Morgan fingerprint density at radius 3 is 3.04 bits per heavy atom. The molecule has 0 radical (unpaired) electrons. The van der Waals surface area contributed by atoms with Gasteiger partial charge in [-0.25, -0.2) is 0 Å². The van der Waals surface area contributed by atoms with Crippen molar-refractivity contribution in [2.75, 3.05) is 13.2 Å². The molecular weight excluding hydrogens is 314 g/mol. The van der Waals surface area contributed by atoms with Crippen LogP contribution in [0.1, 0.15) is 23.0 Å². The van der Waals surface area contributed by atoms with Crippen LogP contribution < -0.4 is 0 Å². The van der Waals surface area contributed by atoms with Crippen LogP contribution in [-0.2, 0) is 17.8 Å². The van der Waals surface area contributed by atoms with Crippen LogP contribution in [0.2, 0.25) is 0 Å². The summed E-state index contributed by atoms with van der Waals surface area (Å²) in [5.74, 6) is 0.0325. The molecule has 3 aromatic rings. The number of rotatable bonds is 3. The number of ether oxygens (including phenoxy) is 1. The van der Waals surface area contributed by atoms with E-state index in [4.69, 9.17) is 4.74 Å². The van der Waals surface area contributed by atoms with E-state index in [9.17, 15) is 4.79 Å². The lowest BCUT2D eigenvalue weighted by molar-refractivity contribution is 0.0258. The molecule has 1 aromatic carbocycles. The number of aromatic nitrogens is 2. The van der Waals surface area contributed by atoms with Gasteiger partial charge in [-0.1, -0.05) is 6.07 Å². The highest BCUT2D eigenvalue weighted by molar-refractivity contribution is 5.97. The standard InChI is InChI=1S/C20H21N3O2/c1-2-25-18-13-22-10-4-6-17(22)12-23(14-18)20(24)16-7-8-19-15(11-16)5-3-9-21-19/h3-11,18H,2,12-14H2,1H3.